The Kier molecular flexibility index (Phi) is 5.78. The van der Waals surface area contributed by atoms with Crippen molar-refractivity contribution in [3.8, 4) is 0 Å². The van der Waals surface area contributed by atoms with Crippen molar-refractivity contribution < 1.29 is 26.9 Å². The summed E-state index contributed by atoms with van der Waals surface area (Å²) in [5, 5.41) is 11.8. The number of hydrogen-bond donors (Lipinski definition) is 1. The molecule has 0 saturated carbocycles. The largest absolute Gasteiger partial charge is 0.387 e. The quantitative estimate of drug-likeness (QED) is 0.387. The van der Waals surface area contributed by atoms with Gasteiger partial charge in [0, 0.05) is 18.5 Å². The number of nitrogens with zero attached hydrogens (tertiary/aromatic N) is 7. The molecule has 1 unspecified atom stereocenters. The van der Waals surface area contributed by atoms with Gasteiger partial charge in [-0.2, -0.15) is 9.49 Å². The first-order chi connectivity index (χ1) is 14.2. The molecule has 1 aliphatic heterocycles. The van der Waals surface area contributed by atoms with E-state index in [1.165, 1.54) is 25.4 Å². The normalized spacial score (nSPS) is 17.8. The summed E-state index contributed by atoms with van der Waals surface area (Å²) in [4.78, 5) is 15.9. The molecule has 1 amide bonds. The van der Waals surface area contributed by atoms with E-state index in [2.05, 4.69) is 25.6 Å². The molecule has 1 N–H and O–H groups in total. The van der Waals surface area contributed by atoms with Gasteiger partial charge >= 0.3 is 0 Å². The molecule has 1 atom stereocenters. The van der Waals surface area contributed by atoms with Crippen LogP contribution in [0.15, 0.2) is 24.5 Å². The predicted molar refractivity (Wildman–Crippen MR) is 94.3 cm³/mol. The molecular formula is C16H15F5N8O. The standard InChI is InChI=1S/C10H8F3N5O.C6H7F2N3/c1-10(18(12)13)4-16(5-19)6-3-14-8-2-7(11)15-17(8)9(6)10;1-9-4-2-5(6(7)8)11-10-3-4/h2-3,5H,4H2,1H3;2-3,6H,1H3,(H,9,11). The van der Waals surface area contributed by atoms with E-state index in [0.29, 0.717) is 12.1 Å². The monoisotopic (exact) mass is 430 g/mol. The third-order valence-electron chi connectivity index (χ3n) is 4.42. The van der Waals surface area contributed by atoms with Crippen LogP contribution in [0.5, 0.6) is 0 Å². The van der Waals surface area contributed by atoms with Crippen LogP contribution in [0.4, 0.5) is 33.5 Å². The van der Waals surface area contributed by atoms with Crippen molar-refractivity contribution in [2.24, 2.45) is 0 Å². The molecule has 0 bridgehead atoms. The van der Waals surface area contributed by atoms with Crippen LogP contribution >= 0.6 is 0 Å². The fraction of sp³-hybridized carbons (Fsp3) is 0.312. The van der Waals surface area contributed by atoms with Gasteiger partial charge in [-0.3, -0.25) is 4.79 Å². The molecule has 14 heteroatoms. The number of amides is 1. The van der Waals surface area contributed by atoms with Gasteiger partial charge in [0.1, 0.15) is 11.2 Å². The molecule has 160 valence electrons. The number of hydrogen-bond acceptors (Lipinski definition) is 7. The van der Waals surface area contributed by atoms with E-state index in [9.17, 15) is 26.9 Å². The lowest BCUT2D eigenvalue weighted by Gasteiger charge is -2.23. The molecule has 3 aromatic rings. The van der Waals surface area contributed by atoms with Crippen LogP contribution in [0.2, 0.25) is 0 Å². The summed E-state index contributed by atoms with van der Waals surface area (Å²) in [6.45, 7) is 0.982. The first-order valence-electron chi connectivity index (χ1n) is 8.38. The van der Waals surface area contributed by atoms with Gasteiger partial charge < -0.3 is 10.2 Å². The van der Waals surface area contributed by atoms with Crippen molar-refractivity contribution >= 4 is 23.4 Å². The number of fused-ring (bicyclic) bond motifs is 3. The summed E-state index contributed by atoms with van der Waals surface area (Å²) in [7, 11) is 1.63. The third kappa shape index (κ3) is 3.72. The highest BCUT2D eigenvalue weighted by molar-refractivity contribution is 5.80. The summed E-state index contributed by atoms with van der Waals surface area (Å²) in [6, 6.07) is 2.29. The first-order valence-corrected chi connectivity index (χ1v) is 8.38. The Balaban J connectivity index is 0.000000199. The highest BCUT2D eigenvalue weighted by atomic mass is 19.4. The van der Waals surface area contributed by atoms with Crippen LogP contribution in [0, 0.1) is 5.95 Å². The smallest absolute Gasteiger partial charge is 0.282 e. The van der Waals surface area contributed by atoms with Crippen molar-refractivity contribution in [2.45, 2.75) is 18.9 Å². The zero-order chi connectivity index (χ0) is 22.1. The first kappa shape index (κ1) is 21.3. The van der Waals surface area contributed by atoms with Crippen LogP contribution in [0.3, 0.4) is 0 Å². The highest BCUT2D eigenvalue weighted by Crippen LogP contribution is 2.42. The van der Waals surface area contributed by atoms with Crippen LogP contribution in [-0.4, -0.2) is 50.1 Å². The van der Waals surface area contributed by atoms with Gasteiger partial charge in [0.25, 0.3) is 6.43 Å². The molecule has 0 fully saturated rings. The molecular weight excluding hydrogens is 415 g/mol. The maximum absolute atomic E-state index is 13.2. The lowest BCUT2D eigenvalue weighted by molar-refractivity contribution is -0.227. The number of carbonyl (C=O) groups is 1. The molecule has 0 spiro atoms. The lowest BCUT2D eigenvalue weighted by atomic mass is 10.0. The Labute approximate surface area is 166 Å². The number of halogens is 5. The molecule has 0 aromatic carbocycles. The van der Waals surface area contributed by atoms with Gasteiger partial charge in [-0.05, 0) is 13.0 Å². The van der Waals surface area contributed by atoms with Crippen molar-refractivity contribution in [1.82, 2.24) is 30.1 Å². The van der Waals surface area contributed by atoms with Crippen molar-refractivity contribution in [2.75, 3.05) is 23.8 Å². The van der Waals surface area contributed by atoms with Gasteiger partial charge in [0.05, 0.1) is 36.0 Å². The average Bonchev–Trinajstić information content (AvgIpc) is 3.25. The Morgan fingerprint density at radius 3 is 2.63 bits per heavy atom. The minimum Gasteiger partial charge on any atom is -0.387 e. The number of rotatable bonds is 4. The van der Waals surface area contributed by atoms with E-state index < -0.39 is 23.3 Å². The second-order valence-corrected chi connectivity index (χ2v) is 6.39. The molecule has 0 radical (unpaired) electrons. The van der Waals surface area contributed by atoms with Crippen LogP contribution in [0.1, 0.15) is 24.7 Å². The number of aromatic nitrogens is 5. The molecule has 0 aliphatic carbocycles. The minimum absolute atomic E-state index is 0.0264. The molecule has 4 heterocycles. The Bertz CT molecular complexity index is 1060. The Hall–Kier alpha value is -3.42. The topological polar surface area (TPSA) is 91.5 Å². The third-order valence-corrected chi connectivity index (χ3v) is 4.42. The lowest BCUT2D eigenvalue weighted by Crippen LogP contribution is -2.39. The maximum Gasteiger partial charge on any atom is 0.282 e. The molecule has 4 rings (SSSR count). The minimum atomic E-state index is -2.56. The number of nitrogens with one attached hydrogen (secondary N) is 1. The zero-order valence-electron chi connectivity index (χ0n) is 15.6. The fourth-order valence-corrected chi connectivity index (χ4v) is 2.96. The Morgan fingerprint density at radius 1 is 1.30 bits per heavy atom. The predicted octanol–water partition coefficient (Wildman–Crippen LogP) is 2.59. The van der Waals surface area contributed by atoms with E-state index in [-0.39, 0.29) is 29.3 Å². The van der Waals surface area contributed by atoms with Crippen LogP contribution in [0.25, 0.3) is 5.65 Å². The summed E-state index contributed by atoms with van der Waals surface area (Å²) in [5.41, 5.74) is -1.22. The Morgan fingerprint density at radius 2 is 2.03 bits per heavy atom. The summed E-state index contributed by atoms with van der Waals surface area (Å²) < 4.78 is 64.4. The SMILES string of the molecule is CC1(N(F)F)CN(C=O)c2cnc3cc(F)nn3c21.CNc1cnnc(C(F)F)c1. The van der Waals surface area contributed by atoms with Gasteiger partial charge in [-0.1, -0.05) is 0 Å². The second-order valence-electron chi connectivity index (χ2n) is 6.39. The van der Waals surface area contributed by atoms with Crippen molar-refractivity contribution in [1.29, 1.82) is 0 Å². The van der Waals surface area contributed by atoms with Gasteiger partial charge in [-0.25, -0.2) is 18.3 Å². The van der Waals surface area contributed by atoms with E-state index in [1.807, 2.05) is 0 Å². The van der Waals surface area contributed by atoms with Crippen molar-refractivity contribution in [3.63, 3.8) is 0 Å². The molecule has 3 aromatic heterocycles. The van der Waals surface area contributed by atoms with Crippen molar-refractivity contribution in [3.05, 3.63) is 41.9 Å². The molecule has 1 aliphatic rings. The molecule has 30 heavy (non-hydrogen) atoms. The number of anilines is 2. The molecule has 0 saturated heterocycles. The van der Waals surface area contributed by atoms with Gasteiger partial charge in [0.15, 0.2) is 5.65 Å². The van der Waals surface area contributed by atoms with E-state index in [4.69, 9.17) is 0 Å². The maximum atomic E-state index is 13.2. The number of carbonyl (C=O) groups excluding carboxylic acids is 1. The van der Waals surface area contributed by atoms with Gasteiger partial charge in [-0.15, -0.1) is 19.2 Å². The van der Waals surface area contributed by atoms with Crippen LogP contribution in [-0.2, 0) is 10.3 Å². The summed E-state index contributed by atoms with van der Waals surface area (Å²) in [5.74, 6) is -0.822. The summed E-state index contributed by atoms with van der Waals surface area (Å²) in [6.07, 6.45) is 0.512. The summed E-state index contributed by atoms with van der Waals surface area (Å²) >= 11 is 0. The average molecular weight is 430 g/mol. The molecule has 9 nitrogen and oxygen atoms in total. The number of alkyl halides is 2. The van der Waals surface area contributed by atoms with E-state index >= 15 is 0 Å². The van der Waals surface area contributed by atoms with E-state index in [0.717, 1.165) is 15.5 Å². The van der Waals surface area contributed by atoms with Gasteiger partial charge in [0.2, 0.25) is 12.4 Å². The van der Waals surface area contributed by atoms with E-state index in [1.54, 1.807) is 7.05 Å². The highest BCUT2D eigenvalue weighted by Gasteiger charge is 2.48. The van der Waals surface area contributed by atoms with Crippen LogP contribution < -0.4 is 10.2 Å². The fourth-order valence-electron chi connectivity index (χ4n) is 2.96. The second kappa shape index (κ2) is 8.14. The zero-order valence-corrected chi connectivity index (χ0v) is 15.6.